The third kappa shape index (κ3) is 1.16. The highest BCUT2D eigenvalue weighted by molar-refractivity contribution is 5.74. The minimum atomic E-state index is -0.918. The van der Waals surface area contributed by atoms with Crippen LogP contribution in [-0.4, -0.2) is 0 Å². The number of fused-ring (bicyclic) bond motifs is 2. The van der Waals surface area contributed by atoms with Crippen LogP contribution in [0.15, 0.2) is 48.5 Å². The van der Waals surface area contributed by atoms with Gasteiger partial charge in [0.25, 0.3) is 0 Å². The smallest absolute Gasteiger partial charge is 0.120 e. The first-order valence-electron chi connectivity index (χ1n) is 5.23. The van der Waals surface area contributed by atoms with Crippen LogP contribution in [0.5, 0.6) is 0 Å². The van der Waals surface area contributed by atoms with Gasteiger partial charge in [0.1, 0.15) is 5.66 Å². The molecule has 1 aliphatic rings. The molecule has 3 heteroatoms. The molecule has 0 amide bonds. The Morgan fingerprint density at radius 1 is 0.750 bits per heavy atom. The SMILES string of the molecule is NC1(N)c2ccccc2Nc2ccccc21. The molecule has 0 saturated heterocycles. The Bertz CT molecular complexity index is 499. The molecule has 0 fully saturated rings. The van der Waals surface area contributed by atoms with Gasteiger partial charge in [0.2, 0.25) is 0 Å². The first-order valence-corrected chi connectivity index (χ1v) is 5.23. The zero-order valence-electron chi connectivity index (χ0n) is 8.77. The van der Waals surface area contributed by atoms with E-state index in [1.54, 1.807) is 0 Å². The van der Waals surface area contributed by atoms with Crippen LogP contribution in [0, 0.1) is 0 Å². The van der Waals surface area contributed by atoms with Gasteiger partial charge in [-0.3, -0.25) is 0 Å². The van der Waals surface area contributed by atoms with E-state index in [-0.39, 0.29) is 0 Å². The Morgan fingerprint density at radius 3 is 1.69 bits per heavy atom. The molecule has 0 saturated carbocycles. The summed E-state index contributed by atoms with van der Waals surface area (Å²) in [4.78, 5) is 0. The summed E-state index contributed by atoms with van der Waals surface area (Å²) >= 11 is 0. The van der Waals surface area contributed by atoms with Crippen LogP contribution in [-0.2, 0) is 5.66 Å². The monoisotopic (exact) mass is 211 g/mol. The van der Waals surface area contributed by atoms with Crippen LogP contribution >= 0.6 is 0 Å². The average Bonchev–Trinajstić information content (AvgIpc) is 2.29. The van der Waals surface area contributed by atoms with E-state index in [9.17, 15) is 0 Å². The van der Waals surface area contributed by atoms with Gasteiger partial charge in [-0.05, 0) is 12.1 Å². The van der Waals surface area contributed by atoms with Gasteiger partial charge in [0, 0.05) is 22.5 Å². The first kappa shape index (κ1) is 9.39. The van der Waals surface area contributed by atoms with Gasteiger partial charge >= 0.3 is 0 Å². The van der Waals surface area contributed by atoms with Crippen molar-refractivity contribution in [1.82, 2.24) is 0 Å². The lowest BCUT2D eigenvalue weighted by atomic mass is 9.87. The first-order chi connectivity index (χ1) is 7.69. The number of rotatable bonds is 0. The molecule has 1 aliphatic heterocycles. The van der Waals surface area contributed by atoms with Crippen LogP contribution in [0.1, 0.15) is 11.1 Å². The molecule has 0 aliphatic carbocycles. The van der Waals surface area contributed by atoms with E-state index in [0.29, 0.717) is 0 Å². The molecule has 0 bridgehead atoms. The van der Waals surface area contributed by atoms with Crippen molar-refractivity contribution in [3.8, 4) is 0 Å². The van der Waals surface area contributed by atoms with Gasteiger partial charge in [0.05, 0.1) is 0 Å². The second-order valence-electron chi connectivity index (χ2n) is 4.09. The molecule has 80 valence electrons. The van der Waals surface area contributed by atoms with E-state index >= 15 is 0 Å². The zero-order chi connectivity index (χ0) is 11.2. The highest BCUT2D eigenvalue weighted by atomic mass is 15.0. The van der Waals surface area contributed by atoms with Crippen molar-refractivity contribution in [2.24, 2.45) is 11.5 Å². The predicted molar refractivity (Wildman–Crippen MR) is 65.3 cm³/mol. The molecule has 0 radical (unpaired) electrons. The summed E-state index contributed by atoms with van der Waals surface area (Å²) in [6.07, 6.45) is 0. The standard InChI is InChI=1S/C13H13N3/c14-13(15)9-5-1-3-7-11(9)16-12-8-4-2-6-10(12)13/h1-8,16H,14-15H2. The van der Waals surface area contributed by atoms with Gasteiger partial charge in [-0.15, -0.1) is 0 Å². The normalized spacial score (nSPS) is 15.9. The third-order valence-electron chi connectivity index (χ3n) is 3.01. The third-order valence-corrected chi connectivity index (χ3v) is 3.01. The Hall–Kier alpha value is -1.84. The Kier molecular flexibility index (Phi) is 1.80. The lowest BCUT2D eigenvalue weighted by Crippen LogP contribution is -2.49. The summed E-state index contributed by atoms with van der Waals surface area (Å²) in [5, 5.41) is 3.34. The quantitative estimate of drug-likeness (QED) is 0.583. The van der Waals surface area contributed by atoms with E-state index in [4.69, 9.17) is 11.5 Å². The van der Waals surface area contributed by atoms with Gasteiger partial charge in [-0.1, -0.05) is 36.4 Å². The van der Waals surface area contributed by atoms with Crippen molar-refractivity contribution in [3.63, 3.8) is 0 Å². The van der Waals surface area contributed by atoms with Gasteiger partial charge in [-0.25, -0.2) is 0 Å². The molecule has 0 atom stereocenters. The fraction of sp³-hybridized carbons (Fsp3) is 0.0769. The molecule has 3 rings (SSSR count). The summed E-state index contributed by atoms with van der Waals surface area (Å²) in [6, 6.07) is 15.7. The number of hydrogen-bond donors (Lipinski definition) is 3. The summed E-state index contributed by atoms with van der Waals surface area (Å²) < 4.78 is 0. The summed E-state index contributed by atoms with van der Waals surface area (Å²) in [5.41, 5.74) is 15.4. The number of anilines is 2. The number of benzene rings is 2. The van der Waals surface area contributed by atoms with Crippen molar-refractivity contribution >= 4 is 11.4 Å². The second-order valence-corrected chi connectivity index (χ2v) is 4.09. The molecule has 3 nitrogen and oxygen atoms in total. The van der Waals surface area contributed by atoms with Crippen molar-refractivity contribution in [2.45, 2.75) is 5.66 Å². The van der Waals surface area contributed by atoms with E-state index < -0.39 is 5.66 Å². The minimum Gasteiger partial charge on any atom is -0.355 e. The zero-order valence-corrected chi connectivity index (χ0v) is 8.77. The molecule has 0 spiro atoms. The van der Waals surface area contributed by atoms with Crippen molar-refractivity contribution in [3.05, 3.63) is 59.7 Å². The molecule has 2 aromatic rings. The lowest BCUT2D eigenvalue weighted by Gasteiger charge is -2.34. The molecule has 2 aromatic carbocycles. The maximum atomic E-state index is 6.24. The van der Waals surface area contributed by atoms with Crippen LogP contribution in [0.3, 0.4) is 0 Å². The summed E-state index contributed by atoms with van der Waals surface area (Å²) in [5.74, 6) is 0. The van der Waals surface area contributed by atoms with Gasteiger partial charge in [-0.2, -0.15) is 0 Å². The van der Waals surface area contributed by atoms with E-state index in [1.165, 1.54) is 0 Å². The average molecular weight is 211 g/mol. The molecule has 1 heterocycles. The summed E-state index contributed by atoms with van der Waals surface area (Å²) in [6.45, 7) is 0. The van der Waals surface area contributed by atoms with E-state index in [0.717, 1.165) is 22.5 Å². The largest absolute Gasteiger partial charge is 0.355 e. The Balaban J connectivity index is 2.28. The van der Waals surface area contributed by atoms with E-state index in [1.807, 2.05) is 48.5 Å². The van der Waals surface area contributed by atoms with E-state index in [2.05, 4.69) is 5.32 Å². The van der Waals surface area contributed by atoms with Crippen LogP contribution in [0.25, 0.3) is 0 Å². The van der Waals surface area contributed by atoms with Gasteiger partial charge in [0.15, 0.2) is 0 Å². The molecular weight excluding hydrogens is 198 g/mol. The topological polar surface area (TPSA) is 64.1 Å². The number of nitrogens with two attached hydrogens (primary N) is 2. The fourth-order valence-corrected chi connectivity index (χ4v) is 2.20. The molecular formula is C13H13N3. The fourth-order valence-electron chi connectivity index (χ4n) is 2.20. The maximum absolute atomic E-state index is 6.24. The van der Waals surface area contributed by atoms with Crippen molar-refractivity contribution in [1.29, 1.82) is 0 Å². The Morgan fingerprint density at radius 2 is 1.19 bits per heavy atom. The number of nitrogens with one attached hydrogen (secondary N) is 1. The highest BCUT2D eigenvalue weighted by Gasteiger charge is 2.32. The highest BCUT2D eigenvalue weighted by Crippen LogP contribution is 2.38. The van der Waals surface area contributed by atoms with Gasteiger partial charge < -0.3 is 16.8 Å². The van der Waals surface area contributed by atoms with Crippen LogP contribution in [0.4, 0.5) is 11.4 Å². The molecule has 16 heavy (non-hydrogen) atoms. The lowest BCUT2D eigenvalue weighted by molar-refractivity contribution is 0.566. The minimum absolute atomic E-state index is 0.918. The maximum Gasteiger partial charge on any atom is 0.120 e. The molecule has 5 N–H and O–H groups in total. The number of para-hydroxylation sites is 2. The molecule has 0 aromatic heterocycles. The number of hydrogen-bond acceptors (Lipinski definition) is 3. The van der Waals surface area contributed by atoms with Crippen molar-refractivity contribution < 1.29 is 0 Å². The van der Waals surface area contributed by atoms with Crippen LogP contribution in [0.2, 0.25) is 0 Å². The predicted octanol–water partition coefficient (Wildman–Crippen LogP) is 1.86. The Labute approximate surface area is 94.1 Å². The van der Waals surface area contributed by atoms with Crippen molar-refractivity contribution in [2.75, 3.05) is 5.32 Å². The second kappa shape index (κ2) is 3.07. The molecule has 0 unspecified atom stereocenters. The summed E-state index contributed by atoms with van der Waals surface area (Å²) in [7, 11) is 0. The van der Waals surface area contributed by atoms with Crippen LogP contribution < -0.4 is 16.8 Å².